The maximum atomic E-state index is 12.4. The highest BCUT2D eigenvalue weighted by Gasteiger charge is 2.30. The quantitative estimate of drug-likeness (QED) is 0.914. The Kier molecular flexibility index (Phi) is 4.29. The van der Waals surface area contributed by atoms with Crippen molar-refractivity contribution >= 4 is 5.82 Å². The van der Waals surface area contributed by atoms with E-state index in [1.165, 1.54) is 19.4 Å². The minimum Gasteiger partial charge on any atom is -0.467 e. The number of anilines is 1. The predicted molar refractivity (Wildman–Crippen MR) is 66.2 cm³/mol. The molecule has 0 spiro atoms. The summed E-state index contributed by atoms with van der Waals surface area (Å²) >= 11 is 0. The Hall–Kier alpha value is -2.02. The fraction of sp³-hybridized carbons (Fsp3) is 0.308. The van der Waals surface area contributed by atoms with Gasteiger partial charge in [0.25, 0.3) is 0 Å². The van der Waals surface area contributed by atoms with Gasteiger partial charge in [0.2, 0.25) is 0 Å². The van der Waals surface area contributed by atoms with Crippen LogP contribution in [0.3, 0.4) is 0 Å². The lowest BCUT2D eigenvalue weighted by atomic mass is 10.2. The number of hydrogen-bond acceptors (Lipinski definition) is 4. The Bertz CT molecular complexity index is 524. The first-order chi connectivity index (χ1) is 9.50. The molecule has 0 aliphatic carbocycles. The molecule has 1 atom stereocenters. The molecule has 108 valence electrons. The summed E-state index contributed by atoms with van der Waals surface area (Å²) in [5, 5.41) is 2.96. The first-order valence-corrected chi connectivity index (χ1v) is 5.83. The zero-order valence-corrected chi connectivity index (χ0v) is 10.6. The van der Waals surface area contributed by atoms with Gasteiger partial charge in [0.1, 0.15) is 17.6 Å². The van der Waals surface area contributed by atoms with Crippen LogP contribution in [0.15, 0.2) is 41.1 Å². The summed E-state index contributed by atoms with van der Waals surface area (Å²) in [5.41, 5.74) is -0.788. The maximum absolute atomic E-state index is 12.4. The Morgan fingerprint density at radius 3 is 2.65 bits per heavy atom. The summed E-state index contributed by atoms with van der Waals surface area (Å²) in [6, 6.07) is 5.40. The molecule has 0 radical (unpaired) electrons. The van der Waals surface area contributed by atoms with E-state index >= 15 is 0 Å². The Morgan fingerprint density at radius 2 is 2.15 bits per heavy atom. The van der Waals surface area contributed by atoms with Crippen molar-refractivity contribution in [1.82, 2.24) is 4.98 Å². The second-order valence-electron chi connectivity index (χ2n) is 4.10. The van der Waals surface area contributed by atoms with Crippen molar-refractivity contribution < 1.29 is 22.3 Å². The number of furan rings is 1. The maximum Gasteiger partial charge on any atom is 0.417 e. The molecule has 2 rings (SSSR count). The SMILES string of the molecule is COC[C@@H](Nc1ccc(C(F)(F)F)cn1)c1ccco1. The number of halogens is 3. The monoisotopic (exact) mass is 286 g/mol. The Morgan fingerprint density at radius 1 is 1.35 bits per heavy atom. The molecule has 2 aromatic heterocycles. The van der Waals surface area contributed by atoms with Gasteiger partial charge in [-0.25, -0.2) is 4.98 Å². The number of methoxy groups -OCH3 is 1. The Labute approximate surface area is 113 Å². The second-order valence-corrected chi connectivity index (χ2v) is 4.10. The second kappa shape index (κ2) is 5.96. The number of rotatable bonds is 5. The van der Waals surface area contributed by atoms with Crippen molar-refractivity contribution in [3.63, 3.8) is 0 Å². The van der Waals surface area contributed by atoms with Crippen molar-refractivity contribution in [3.8, 4) is 0 Å². The van der Waals surface area contributed by atoms with Crippen LogP contribution >= 0.6 is 0 Å². The first-order valence-electron chi connectivity index (χ1n) is 5.83. The molecule has 0 aromatic carbocycles. The minimum absolute atomic E-state index is 0.302. The van der Waals surface area contributed by atoms with Gasteiger partial charge in [-0.05, 0) is 24.3 Å². The molecule has 2 aromatic rings. The molecule has 1 N–H and O–H groups in total. The normalized spacial score (nSPS) is 13.2. The first kappa shape index (κ1) is 14.4. The van der Waals surface area contributed by atoms with Crippen LogP contribution < -0.4 is 5.32 Å². The largest absolute Gasteiger partial charge is 0.467 e. The van der Waals surface area contributed by atoms with Crippen LogP contribution in [0.1, 0.15) is 17.4 Å². The third-order valence-corrected chi connectivity index (χ3v) is 2.63. The predicted octanol–water partition coefficient (Wildman–Crippen LogP) is 3.49. The van der Waals surface area contributed by atoms with Gasteiger partial charge in [-0.2, -0.15) is 13.2 Å². The lowest BCUT2D eigenvalue weighted by Gasteiger charge is -2.16. The topological polar surface area (TPSA) is 47.3 Å². The van der Waals surface area contributed by atoms with E-state index in [9.17, 15) is 13.2 Å². The number of alkyl halides is 3. The molecule has 0 unspecified atom stereocenters. The third kappa shape index (κ3) is 3.51. The van der Waals surface area contributed by atoms with Crippen molar-refractivity contribution in [3.05, 3.63) is 48.0 Å². The zero-order valence-electron chi connectivity index (χ0n) is 10.6. The van der Waals surface area contributed by atoms with Crippen LogP contribution in [-0.2, 0) is 10.9 Å². The highest BCUT2D eigenvalue weighted by molar-refractivity contribution is 5.38. The summed E-state index contributed by atoms with van der Waals surface area (Å²) in [7, 11) is 1.53. The zero-order chi connectivity index (χ0) is 14.6. The molecule has 0 amide bonds. The fourth-order valence-electron chi connectivity index (χ4n) is 1.68. The molecule has 4 nitrogen and oxygen atoms in total. The molecule has 0 bridgehead atoms. The van der Waals surface area contributed by atoms with E-state index in [1.807, 2.05) is 0 Å². The van der Waals surface area contributed by atoms with E-state index in [4.69, 9.17) is 9.15 Å². The van der Waals surface area contributed by atoms with Crippen LogP contribution in [0.2, 0.25) is 0 Å². The number of nitrogens with zero attached hydrogens (tertiary/aromatic N) is 1. The smallest absolute Gasteiger partial charge is 0.417 e. The third-order valence-electron chi connectivity index (χ3n) is 2.63. The lowest BCUT2D eigenvalue weighted by Crippen LogP contribution is -2.16. The molecule has 2 heterocycles. The van der Waals surface area contributed by atoms with Gasteiger partial charge >= 0.3 is 6.18 Å². The molecule has 0 fully saturated rings. The van der Waals surface area contributed by atoms with Gasteiger partial charge < -0.3 is 14.5 Å². The van der Waals surface area contributed by atoms with Crippen LogP contribution in [0, 0.1) is 0 Å². The molecular formula is C13H13F3N2O2. The summed E-state index contributed by atoms with van der Waals surface area (Å²) in [6.45, 7) is 0.302. The molecule has 0 saturated heterocycles. The summed E-state index contributed by atoms with van der Waals surface area (Å²) in [4.78, 5) is 3.75. The summed E-state index contributed by atoms with van der Waals surface area (Å²) in [6.07, 6.45) is -2.09. The van der Waals surface area contributed by atoms with Gasteiger partial charge in [0.15, 0.2) is 0 Å². The highest BCUT2D eigenvalue weighted by atomic mass is 19.4. The molecular weight excluding hydrogens is 273 g/mol. The molecule has 20 heavy (non-hydrogen) atoms. The average Bonchev–Trinajstić information content (AvgIpc) is 2.91. The fourth-order valence-corrected chi connectivity index (χ4v) is 1.68. The van der Waals surface area contributed by atoms with E-state index < -0.39 is 11.7 Å². The van der Waals surface area contributed by atoms with E-state index in [2.05, 4.69) is 10.3 Å². The van der Waals surface area contributed by atoms with E-state index in [1.54, 1.807) is 12.1 Å². The number of nitrogens with one attached hydrogen (secondary N) is 1. The number of pyridine rings is 1. The van der Waals surface area contributed by atoms with E-state index in [0.717, 1.165) is 12.3 Å². The highest BCUT2D eigenvalue weighted by Crippen LogP contribution is 2.29. The lowest BCUT2D eigenvalue weighted by molar-refractivity contribution is -0.137. The van der Waals surface area contributed by atoms with Crippen molar-refractivity contribution in [2.45, 2.75) is 12.2 Å². The van der Waals surface area contributed by atoms with Crippen LogP contribution in [0.5, 0.6) is 0 Å². The van der Waals surface area contributed by atoms with Crippen molar-refractivity contribution in [1.29, 1.82) is 0 Å². The number of hydrogen-bond donors (Lipinski definition) is 1. The van der Waals surface area contributed by atoms with Gasteiger partial charge in [0, 0.05) is 13.3 Å². The van der Waals surface area contributed by atoms with Gasteiger partial charge in [-0.1, -0.05) is 0 Å². The minimum atomic E-state index is -4.39. The standard InChI is InChI=1S/C13H13F3N2O2/c1-19-8-10(11-3-2-6-20-11)18-12-5-4-9(7-17-12)13(14,15)16/h2-7,10H,8H2,1H3,(H,17,18)/t10-/m1/s1. The van der Waals surface area contributed by atoms with Gasteiger partial charge in [-0.15, -0.1) is 0 Å². The molecule has 0 saturated carbocycles. The molecule has 7 heteroatoms. The van der Waals surface area contributed by atoms with Crippen LogP contribution in [0.25, 0.3) is 0 Å². The number of aromatic nitrogens is 1. The summed E-state index contributed by atoms with van der Waals surface area (Å²) < 4.78 is 47.6. The van der Waals surface area contributed by atoms with Crippen molar-refractivity contribution in [2.24, 2.45) is 0 Å². The average molecular weight is 286 g/mol. The van der Waals surface area contributed by atoms with Crippen LogP contribution in [0.4, 0.5) is 19.0 Å². The number of ether oxygens (including phenoxy) is 1. The van der Waals surface area contributed by atoms with Gasteiger partial charge in [0.05, 0.1) is 18.4 Å². The van der Waals surface area contributed by atoms with Crippen molar-refractivity contribution in [2.75, 3.05) is 19.0 Å². The van der Waals surface area contributed by atoms with Gasteiger partial charge in [-0.3, -0.25) is 0 Å². The van der Waals surface area contributed by atoms with E-state index in [0.29, 0.717) is 18.2 Å². The van der Waals surface area contributed by atoms with Crippen LogP contribution in [-0.4, -0.2) is 18.7 Å². The van der Waals surface area contributed by atoms with E-state index in [-0.39, 0.29) is 6.04 Å². The molecule has 0 aliphatic rings. The molecule has 0 aliphatic heterocycles. The Balaban J connectivity index is 2.11. The summed E-state index contributed by atoms with van der Waals surface area (Å²) in [5.74, 6) is 0.935.